The Morgan fingerprint density at radius 3 is 2.55 bits per heavy atom. The van der Waals surface area contributed by atoms with Gasteiger partial charge in [-0.25, -0.2) is 9.97 Å². The van der Waals surface area contributed by atoms with Crippen LogP contribution in [-0.2, 0) is 6.54 Å². The van der Waals surface area contributed by atoms with Gasteiger partial charge in [0.1, 0.15) is 0 Å². The SMILES string of the molecule is C=C(NCc1cccc(Cl)c1)C(=CN)c1nc(C)cc(C)n1. The number of hydrogen-bond donors (Lipinski definition) is 2. The topological polar surface area (TPSA) is 63.8 Å². The van der Waals surface area contributed by atoms with Crippen molar-refractivity contribution in [1.82, 2.24) is 15.3 Å². The molecule has 0 atom stereocenters. The van der Waals surface area contributed by atoms with Crippen molar-refractivity contribution < 1.29 is 0 Å². The highest BCUT2D eigenvalue weighted by atomic mass is 35.5. The summed E-state index contributed by atoms with van der Waals surface area (Å²) in [7, 11) is 0. The normalized spacial score (nSPS) is 11.3. The van der Waals surface area contributed by atoms with E-state index in [1.807, 2.05) is 44.2 Å². The van der Waals surface area contributed by atoms with Crippen LogP contribution in [0.1, 0.15) is 22.8 Å². The van der Waals surface area contributed by atoms with Crippen molar-refractivity contribution in [2.45, 2.75) is 20.4 Å². The van der Waals surface area contributed by atoms with Crippen LogP contribution in [0.25, 0.3) is 5.57 Å². The Morgan fingerprint density at radius 1 is 1.27 bits per heavy atom. The summed E-state index contributed by atoms with van der Waals surface area (Å²) in [6.07, 6.45) is 1.47. The number of benzene rings is 1. The fraction of sp³-hybridized carbons (Fsp3) is 0.176. The van der Waals surface area contributed by atoms with E-state index in [2.05, 4.69) is 21.9 Å². The fourth-order valence-corrected chi connectivity index (χ4v) is 2.32. The minimum absolute atomic E-state index is 0.573. The van der Waals surface area contributed by atoms with Gasteiger partial charge in [0.2, 0.25) is 0 Å². The number of allylic oxidation sites excluding steroid dienone is 1. The van der Waals surface area contributed by atoms with Crippen LogP contribution in [0.15, 0.2) is 48.8 Å². The van der Waals surface area contributed by atoms with E-state index in [0.717, 1.165) is 17.0 Å². The molecule has 0 radical (unpaired) electrons. The van der Waals surface area contributed by atoms with Crippen LogP contribution in [0.3, 0.4) is 0 Å². The number of nitrogens with two attached hydrogens (primary N) is 1. The third-order valence-electron chi connectivity index (χ3n) is 3.11. The number of aromatic nitrogens is 2. The van der Waals surface area contributed by atoms with Crippen molar-refractivity contribution in [3.05, 3.63) is 76.6 Å². The first kappa shape index (κ1) is 16.0. The lowest BCUT2D eigenvalue weighted by atomic mass is 10.1. The van der Waals surface area contributed by atoms with Crippen LogP contribution < -0.4 is 11.1 Å². The highest BCUT2D eigenvalue weighted by Gasteiger charge is 2.10. The summed E-state index contributed by atoms with van der Waals surface area (Å²) >= 11 is 5.98. The minimum Gasteiger partial charge on any atom is -0.404 e. The highest BCUT2D eigenvalue weighted by molar-refractivity contribution is 6.30. The summed E-state index contributed by atoms with van der Waals surface area (Å²) in [5, 5.41) is 3.94. The number of rotatable bonds is 5. The predicted octanol–water partition coefficient (Wildman–Crippen LogP) is 3.35. The van der Waals surface area contributed by atoms with E-state index in [1.165, 1.54) is 6.20 Å². The number of nitrogens with zero attached hydrogens (tertiary/aromatic N) is 2. The van der Waals surface area contributed by atoms with Crippen LogP contribution in [0.5, 0.6) is 0 Å². The van der Waals surface area contributed by atoms with E-state index in [9.17, 15) is 0 Å². The molecule has 0 fully saturated rings. The van der Waals surface area contributed by atoms with E-state index in [4.69, 9.17) is 17.3 Å². The quantitative estimate of drug-likeness (QED) is 0.831. The molecule has 0 saturated heterocycles. The van der Waals surface area contributed by atoms with Crippen molar-refractivity contribution in [1.29, 1.82) is 0 Å². The monoisotopic (exact) mass is 314 g/mol. The van der Waals surface area contributed by atoms with Gasteiger partial charge in [-0.15, -0.1) is 0 Å². The maximum Gasteiger partial charge on any atom is 0.163 e. The van der Waals surface area contributed by atoms with Crippen LogP contribution in [0.2, 0.25) is 5.02 Å². The van der Waals surface area contributed by atoms with Gasteiger partial charge in [-0.3, -0.25) is 0 Å². The van der Waals surface area contributed by atoms with Gasteiger partial charge in [-0.1, -0.05) is 30.3 Å². The molecule has 0 aliphatic carbocycles. The van der Waals surface area contributed by atoms with Crippen LogP contribution >= 0.6 is 11.6 Å². The van der Waals surface area contributed by atoms with E-state index in [-0.39, 0.29) is 0 Å². The molecule has 2 rings (SSSR count). The molecule has 114 valence electrons. The lowest BCUT2D eigenvalue weighted by Gasteiger charge is -2.13. The number of hydrogen-bond acceptors (Lipinski definition) is 4. The molecule has 22 heavy (non-hydrogen) atoms. The summed E-state index contributed by atoms with van der Waals surface area (Å²) in [5.74, 6) is 0.573. The Balaban J connectivity index is 2.12. The van der Waals surface area contributed by atoms with Crippen LogP contribution in [-0.4, -0.2) is 9.97 Å². The van der Waals surface area contributed by atoms with Gasteiger partial charge in [0.15, 0.2) is 5.82 Å². The van der Waals surface area contributed by atoms with Crippen molar-refractivity contribution in [2.24, 2.45) is 5.73 Å². The number of halogens is 1. The second-order valence-electron chi connectivity index (χ2n) is 5.02. The smallest absolute Gasteiger partial charge is 0.163 e. The molecule has 2 aromatic rings. The molecule has 0 bridgehead atoms. The molecule has 0 spiro atoms. The minimum atomic E-state index is 0.573. The summed E-state index contributed by atoms with van der Waals surface area (Å²) in [4.78, 5) is 8.83. The Labute approximate surface area is 135 Å². The first-order chi connectivity index (χ1) is 10.5. The summed E-state index contributed by atoms with van der Waals surface area (Å²) in [5.41, 5.74) is 9.94. The molecule has 1 aromatic carbocycles. The van der Waals surface area contributed by atoms with E-state index < -0.39 is 0 Å². The zero-order chi connectivity index (χ0) is 16.1. The third-order valence-corrected chi connectivity index (χ3v) is 3.34. The van der Waals surface area contributed by atoms with Gasteiger partial charge >= 0.3 is 0 Å². The molecule has 1 aromatic heterocycles. The maximum absolute atomic E-state index is 5.98. The second kappa shape index (κ2) is 7.09. The second-order valence-corrected chi connectivity index (χ2v) is 5.45. The fourth-order valence-electron chi connectivity index (χ4n) is 2.11. The number of nitrogens with one attached hydrogen (secondary N) is 1. The summed E-state index contributed by atoms with van der Waals surface area (Å²) in [6, 6.07) is 9.56. The van der Waals surface area contributed by atoms with Crippen LogP contribution in [0, 0.1) is 13.8 Å². The summed E-state index contributed by atoms with van der Waals surface area (Å²) < 4.78 is 0. The average Bonchev–Trinajstić information content (AvgIpc) is 2.45. The van der Waals surface area contributed by atoms with Crippen molar-refractivity contribution in [2.75, 3.05) is 0 Å². The van der Waals surface area contributed by atoms with E-state index in [0.29, 0.717) is 28.7 Å². The molecule has 0 saturated carbocycles. The molecule has 3 N–H and O–H groups in total. The molecular formula is C17H19ClN4. The first-order valence-electron chi connectivity index (χ1n) is 6.91. The van der Waals surface area contributed by atoms with Crippen molar-refractivity contribution in [3.63, 3.8) is 0 Å². The Hall–Kier alpha value is -2.33. The molecule has 0 aliphatic rings. The van der Waals surface area contributed by atoms with Gasteiger partial charge in [0.25, 0.3) is 0 Å². The molecule has 0 unspecified atom stereocenters. The molecule has 4 nitrogen and oxygen atoms in total. The Morgan fingerprint density at radius 2 is 1.95 bits per heavy atom. The third kappa shape index (κ3) is 4.09. The van der Waals surface area contributed by atoms with Gasteiger partial charge in [0.05, 0.1) is 5.57 Å². The predicted molar refractivity (Wildman–Crippen MR) is 91.1 cm³/mol. The maximum atomic E-state index is 5.98. The lowest BCUT2D eigenvalue weighted by Crippen LogP contribution is -2.15. The van der Waals surface area contributed by atoms with Crippen molar-refractivity contribution >= 4 is 17.2 Å². The van der Waals surface area contributed by atoms with Gasteiger partial charge < -0.3 is 11.1 Å². The van der Waals surface area contributed by atoms with Crippen LogP contribution in [0.4, 0.5) is 0 Å². The van der Waals surface area contributed by atoms with Crippen molar-refractivity contribution in [3.8, 4) is 0 Å². The van der Waals surface area contributed by atoms with E-state index in [1.54, 1.807) is 0 Å². The molecule has 0 amide bonds. The molecule has 0 aliphatic heterocycles. The lowest BCUT2D eigenvalue weighted by molar-refractivity contribution is 0.836. The van der Waals surface area contributed by atoms with E-state index >= 15 is 0 Å². The first-order valence-corrected chi connectivity index (χ1v) is 7.29. The molecular weight excluding hydrogens is 296 g/mol. The number of aryl methyl sites for hydroxylation is 2. The Kier molecular flexibility index (Phi) is 5.17. The zero-order valence-electron chi connectivity index (χ0n) is 12.7. The van der Waals surface area contributed by atoms with Gasteiger partial charge in [0, 0.05) is 34.9 Å². The summed E-state index contributed by atoms with van der Waals surface area (Å²) in [6.45, 7) is 8.48. The highest BCUT2D eigenvalue weighted by Crippen LogP contribution is 2.17. The van der Waals surface area contributed by atoms with Gasteiger partial charge in [-0.2, -0.15) is 0 Å². The largest absolute Gasteiger partial charge is 0.404 e. The average molecular weight is 315 g/mol. The van der Waals surface area contributed by atoms with Gasteiger partial charge in [-0.05, 0) is 37.6 Å². The molecule has 5 heteroatoms. The zero-order valence-corrected chi connectivity index (χ0v) is 13.5. The Bertz CT molecular complexity index is 702. The standard InChI is InChI=1S/C17H19ClN4/c1-11-7-12(2)22-17(21-11)16(9-19)13(3)20-10-14-5-4-6-15(18)8-14/h4-9,20H,3,10,19H2,1-2H3. The molecule has 1 heterocycles.